The minimum atomic E-state index is -0.527. The van der Waals surface area contributed by atoms with Crippen LogP contribution in [0.2, 0.25) is 0 Å². The van der Waals surface area contributed by atoms with E-state index >= 15 is 0 Å². The monoisotopic (exact) mass is 307 g/mol. The normalized spacial score (nSPS) is 12.4. The second-order valence-electron chi connectivity index (χ2n) is 3.26. The summed E-state index contributed by atoms with van der Waals surface area (Å²) < 4.78 is 5.71. The molecule has 0 fully saturated rings. The molecule has 1 heterocycles. The van der Waals surface area contributed by atoms with E-state index in [-0.39, 0.29) is 5.91 Å². The summed E-state index contributed by atoms with van der Waals surface area (Å²) in [7, 11) is 1.53. The Bertz CT molecular complexity index is 343. The van der Waals surface area contributed by atoms with Gasteiger partial charge in [0.05, 0.1) is 21.4 Å². The van der Waals surface area contributed by atoms with Crippen molar-refractivity contribution in [2.45, 2.75) is 12.5 Å². The maximum atomic E-state index is 11.6. The van der Waals surface area contributed by atoms with Gasteiger partial charge in [0.1, 0.15) is 0 Å². The lowest BCUT2D eigenvalue weighted by molar-refractivity contribution is 0.0588. The number of rotatable bonds is 6. The summed E-state index contributed by atoms with van der Waals surface area (Å²) in [4.78, 5) is 12.2. The number of carbonyl (C=O) groups excluding carboxylic acids is 1. The number of aliphatic hydroxyl groups is 1. The number of ether oxygens (including phenoxy) is 1. The van der Waals surface area contributed by atoms with Crippen LogP contribution in [0.3, 0.4) is 0 Å². The van der Waals surface area contributed by atoms with E-state index in [9.17, 15) is 9.90 Å². The van der Waals surface area contributed by atoms with E-state index in [4.69, 9.17) is 4.74 Å². The van der Waals surface area contributed by atoms with E-state index in [0.717, 1.165) is 3.79 Å². The van der Waals surface area contributed by atoms with Gasteiger partial charge < -0.3 is 15.2 Å². The van der Waals surface area contributed by atoms with Crippen LogP contribution in [0.15, 0.2) is 15.9 Å². The van der Waals surface area contributed by atoms with Crippen LogP contribution in [0.5, 0.6) is 0 Å². The van der Waals surface area contributed by atoms with Gasteiger partial charge in [-0.3, -0.25) is 4.79 Å². The van der Waals surface area contributed by atoms with Gasteiger partial charge in [-0.05, 0) is 34.5 Å². The molecule has 0 radical (unpaired) electrons. The summed E-state index contributed by atoms with van der Waals surface area (Å²) in [5, 5.41) is 12.1. The lowest BCUT2D eigenvalue weighted by Crippen LogP contribution is -2.27. The van der Waals surface area contributed by atoms with Crippen LogP contribution in [0.4, 0.5) is 0 Å². The summed E-state index contributed by atoms with van der Waals surface area (Å²) in [5.41, 5.74) is 0. The summed E-state index contributed by atoms with van der Waals surface area (Å²) >= 11 is 4.68. The van der Waals surface area contributed by atoms with Crippen LogP contribution in [-0.2, 0) is 4.74 Å². The number of carbonyl (C=O) groups is 1. The van der Waals surface area contributed by atoms with Gasteiger partial charge in [0.2, 0.25) is 0 Å². The molecule has 0 spiro atoms. The van der Waals surface area contributed by atoms with Crippen LogP contribution in [0.25, 0.3) is 0 Å². The van der Waals surface area contributed by atoms with Gasteiger partial charge in [0, 0.05) is 13.7 Å². The third-order valence-corrected chi connectivity index (χ3v) is 3.54. The topological polar surface area (TPSA) is 58.6 Å². The Morgan fingerprint density at radius 2 is 2.44 bits per heavy atom. The molecule has 16 heavy (non-hydrogen) atoms. The van der Waals surface area contributed by atoms with Crippen molar-refractivity contribution in [3.05, 3.63) is 20.8 Å². The first kappa shape index (κ1) is 13.6. The molecule has 2 N–H and O–H groups in total. The Morgan fingerprint density at radius 3 is 3.00 bits per heavy atom. The molecule has 1 amide bonds. The van der Waals surface area contributed by atoms with Gasteiger partial charge in [0.25, 0.3) is 5.91 Å². The van der Waals surface area contributed by atoms with Crippen molar-refractivity contribution >= 4 is 33.2 Å². The summed E-state index contributed by atoms with van der Waals surface area (Å²) in [6.45, 7) is 0.735. The Hall–Kier alpha value is -0.430. The molecular weight excluding hydrogens is 294 g/mol. The molecule has 1 rings (SSSR count). The maximum Gasteiger partial charge on any atom is 0.261 e. The molecule has 0 bridgehead atoms. The van der Waals surface area contributed by atoms with E-state index in [1.165, 1.54) is 18.4 Å². The second-order valence-corrected chi connectivity index (χ2v) is 5.72. The highest BCUT2D eigenvalue weighted by molar-refractivity contribution is 9.11. The van der Waals surface area contributed by atoms with Crippen molar-refractivity contribution in [1.29, 1.82) is 0 Å². The first-order valence-electron chi connectivity index (χ1n) is 4.84. The van der Waals surface area contributed by atoms with Crippen LogP contribution in [0, 0.1) is 0 Å². The number of thiophene rings is 1. The number of hydrogen-bond donors (Lipinski definition) is 2. The van der Waals surface area contributed by atoms with Crippen molar-refractivity contribution in [1.82, 2.24) is 5.32 Å². The summed E-state index contributed by atoms with van der Waals surface area (Å²) in [6.07, 6.45) is -0.0352. The van der Waals surface area contributed by atoms with Crippen molar-refractivity contribution in [2.24, 2.45) is 0 Å². The van der Waals surface area contributed by atoms with Gasteiger partial charge in [-0.2, -0.15) is 0 Å². The first-order chi connectivity index (χ1) is 7.63. The van der Waals surface area contributed by atoms with Crippen LogP contribution < -0.4 is 5.32 Å². The van der Waals surface area contributed by atoms with Gasteiger partial charge in [-0.1, -0.05) is 0 Å². The van der Waals surface area contributed by atoms with Gasteiger partial charge in [-0.25, -0.2) is 0 Å². The van der Waals surface area contributed by atoms with Crippen molar-refractivity contribution in [2.75, 3.05) is 20.3 Å². The minimum Gasteiger partial charge on any atom is -0.391 e. The molecule has 0 aliphatic heterocycles. The number of hydrogen-bond acceptors (Lipinski definition) is 4. The van der Waals surface area contributed by atoms with E-state index in [2.05, 4.69) is 21.2 Å². The predicted molar refractivity (Wildman–Crippen MR) is 66.9 cm³/mol. The van der Waals surface area contributed by atoms with Crippen molar-refractivity contribution in [3.63, 3.8) is 0 Å². The van der Waals surface area contributed by atoms with Crippen molar-refractivity contribution in [3.8, 4) is 0 Å². The fourth-order valence-electron chi connectivity index (χ4n) is 1.15. The molecule has 0 aromatic carbocycles. The van der Waals surface area contributed by atoms with Gasteiger partial charge >= 0.3 is 0 Å². The number of nitrogens with one attached hydrogen (secondary N) is 1. The quantitative estimate of drug-likeness (QED) is 0.840. The Balaban J connectivity index is 2.25. The molecule has 90 valence electrons. The molecule has 1 unspecified atom stereocenters. The van der Waals surface area contributed by atoms with Gasteiger partial charge in [0.15, 0.2) is 0 Å². The number of aliphatic hydroxyl groups excluding tert-OH is 1. The third kappa shape index (κ3) is 4.61. The largest absolute Gasteiger partial charge is 0.391 e. The Labute approximate surface area is 107 Å². The number of halogens is 1. The molecule has 0 aliphatic rings. The molecule has 0 aliphatic carbocycles. The van der Waals surface area contributed by atoms with Crippen molar-refractivity contribution < 1.29 is 14.6 Å². The molecule has 0 saturated heterocycles. The van der Waals surface area contributed by atoms with E-state index in [0.29, 0.717) is 24.4 Å². The average molecular weight is 308 g/mol. The van der Waals surface area contributed by atoms with Gasteiger partial charge in [-0.15, -0.1) is 11.3 Å². The van der Waals surface area contributed by atoms with E-state index < -0.39 is 6.10 Å². The highest BCUT2D eigenvalue weighted by Crippen LogP contribution is 2.21. The minimum absolute atomic E-state index is 0.111. The smallest absolute Gasteiger partial charge is 0.261 e. The molecule has 1 aromatic rings. The molecule has 1 atom stereocenters. The zero-order valence-electron chi connectivity index (χ0n) is 8.90. The Kier molecular flexibility index (Phi) is 5.97. The highest BCUT2D eigenvalue weighted by Gasteiger charge is 2.09. The highest BCUT2D eigenvalue weighted by atomic mass is 79.9. The fraction of sp³-hybridized carbons (Fsp3) is 0.500. The first-order valence-corrected chi connectivity index (χ1v) is 6.45. The molecular formula is C10H14BrNO3S. The number of methoxy groups -OCH3 is 1. The Morgan fingerprint density at radius 1 is 1.69 bits per heavy atom. The second kappa shape index (κ2) is 7.01. The van der Waals surface area contributed by atoms with Crippen LogP contribution in [-0.4, -0.2) is 37.4 Å². The lowest BCUT2D eigenvalue weighted by Gasteiger charge is -2.09. The zero-order valence-corrected chi connectivity index (χ0v) is 11.3. The third-order valence-electron chi connectivity index (χ3n) is 1.92. The van der Waals surface area contributed by atoms with Crippen LogP contribution >= 0.6 is 27.3 Å². The van der Waals surface area contributed by atoms with E-state index in [1.54, 1.807) is 6.07 Å². The SMILES string of the molecule is COCC(O)CCNC(=O)c1ccc(Br)s1. The van der Waals surface area contributed by atoms with Crippen LogP contribution in [0.1, 0.15) is 16.1 Å². The average Bonchev–Trinajstić information content (AvgIpc) is 2.65. The molecule has 0 saturated carbocycles. The molecule has 4 nitrogen and oxygen atoms in total. The van der Waals surface area contributed by atoms with E-state index in [1.807, 2.05) is 6.07 Å². The lowest BCUT2D eigenvalue weighted by atomic mass is 10.2. The number of amides is 1. The predicted octanol–water partition coefficient (Wildman–Crippen LogP) is 1.64. The summed E-state index contributed by atoms with van der Waals surface area (Å²) in [5.74, 6) is -0.111. The molecule has 1 aromatic heterocycles. The fourth-order valence-corrected chi connectivity index (χ4v) is 2.45. The standard InChI is InChI=1S/C10H14BrNO3S/c1-15-6-7(13)4-5-12-10(14)8-2-3-9(11)16-8/h2-3,7,13H,4-6H2,1H3,(H,12,14). The maximum absolute atomic E-state index is 11.6. The summed E-state index contributed by atoms with van der Waals surface area (Å²) in [6, 6.07) is 3.59. The molecule has 6 heteroatoms. The zero-order chi connectivity index (χ0) is 12.0.